The van der Waals surface area contributed by atoms with Crippen molar-refractivity contribution in [3.63, 3.8) is 0 Å². The molecule has 0 radical (unpaired) electrons. The molecule has 0 aromatic carbocycles. The second kappa shape index (κ2) is 5.04. The number of rotatable bonds is 4. The second-order valence-electron chi connectivity index (χ2n) is 3.84. The lowest BCUT2D eigenvalue weighted by Crippen LogP contribution is -2.44. The van der Waals surface area contributed by atoms with Crippen molar-refractivity contribution in [1.82, 2.24) is 20.4 Å². The van der Waals surface area contributed by atoms with Crippen molar-refractivity contribution in [3.05, 3.63) is 21.9 Å². The largest absolute Gasteiger partial charge is 0.358 e. The normalized spacial score (nSPS) is 17.5. The lowest BCUT2D eigenvalue weighted by molar-refractivity contribution is -0.389. The number of hydrogen-bond donors (Lipinski definition) is 2. The van der Waals surface area contributed by atoms with E-state index in [1.807, 2.05) is 0 Å². The maximum Gasteiger partial charge on any atom is 0.342 e. The topological polar surface area (TPSA) is 87.1 Å². The van der Waals surface area contributed by atoms with Crippen LogP contribution < -0.4 is 5.32 Å². The minimum absolute atomic E-state index is 0.0321. The van der Waals surface area contributed by atoms with Crippen LogP contribution in [-0.4, -0.2) is 52.7 Å². The fourth-order valence-electron chi connectivity index (χ4n) is 1.78. The Morgan fingerprint density at radius 3 is 2.88 bits per heavy atom. The first-order valence-electron chi connectivity index (χ1n) is 5.37. The van der Waals surface area contributed by atoms with E-state index in [-0.39, 0.29) is 5.82 Å². The van der Waals surface area contributed by atoms with Crippen LogP contribution in [0.5, 0.6) is 0 Å². The molecule has 1 aliphatic rings. The number of nitrogens with zero attached hydrogens (tertiary/aromatic N) is 3. The Balaban J connectivity index is 1.81. The van der Waals surface area contributed by atoms with Crippen LogP contribution in [0.25, 0.3) is 0 Å². The molecule has 0 saturated carbocycles. The number of H-pyrrole nitrogens is 1. The Morgan fingerprint density at radius 1 is 1.50 bits per heavy atom. The van der Waals surface area contributed by atoms with Crippen LogP contribution in [0.15, 0.2) is 6.07 Å². The van der Waals surface area contributed by atoms with Gasteiger partial charge in [0, 0.05) is 39.1 Å². The molecule has 1 aliphatic heterocycles. The van der Waals surface area contributed by atoms with Gasteiger partial charge in [-0.25, -0.2) is 0 Å². The molecule has 0 unspecified atom stereocenters. The van der Waals surface area contributed by atoms with Crippen LogP contribution in [0.4, 0.5) is 5.82 Å². The van der Waals surface area contributed by atoms with E-state index in [0.29, 0.717) is 0 Å². The first-order valence-corrected chi connectivity index (χ1v) is 5.37. The maximum atomic E-state index is 10.4. The zero-order chi connectivity index (χ0) is 11.4. The molecule has 1 saturated heterocycles. The highest BCUT2D eigenvalue weighted by atomic mass is 16.6. The summed E-state index contributed by atoms with van der Waals surface area (Å²) in [4.78, 5) is 12.3. The molecule has 0 spiro atoms. The van der Waals surface area contributed by atoms with Gasteiger partial charge in [0.2, 0.25) is 0 Å². The van der Waals surface area contributed by atoms with Crippen LogP contribution >= 0.6 is 0 Å². The van der Waals surface area contributed by atoms with E-state index in [0.717, 1.165) is 44.8 Å². The number of aromatic amines is 1. The molecule has 2 rings (SSSR count). The molecular weight excluding hydrogens is 210 g/mol. The van der Waals surface area contributed by atoms with Crippen LogP contribution in [0.2, 0.25) is 0 Å². The maximum absolute atomic E-state index is 10.4. The van der Waals surface area contributed by atoms with Crippen molar-refractivity contribution in [2.75, 3.05) is 32.7 Å². The smallest absolute Gasteiger partial charge is 0.342 e. The van der Waals surface area contributed by atoms with Gasteiger partial charge in [0.05, 0.1) is 11.8 Å². The lowest BCUT2D eigenvalue weighted by atomic mass is 10.2. The van der Waals surface area contributed by atoms with Crippen molar-refractivity contribution in [2.45, 2.75) is 6.42 Å². The third-order valence-corrected chi connectivity index (χ3v) is 2.71. The minimum atomic E-state index is -0.457. The number of nitrogens with one attached hydrogen (secondary N) is 2. The fraction of sp³-hybridized carbons (Fsp3) is 0.667. The first-order chi connectivity index (χ1) is 7.75. The molecule has 1 aromatic rings. The number of nitro groups is 1. The number of hydrogen-bond acceptors (Lipinski definition) is 5. The summed E-state index contributed by atoms with van der Waals surface area (Å²) in [5.74, 6) is -0.0321. The highest BCUT2D eigenvalue weighted by Crippen LogP contribution is 2.08. The van der Waals surface area contributed by atoms with E-state index in [4.69, 9.17) is 0 Å². The summed E-state index contributed by atoms with van der Waals surface area (Å²) >= 11 is 0. The number of piperazine rings is 1. The van der Waals surface area contributed by atoms with Crippen molar-refractivity contribution in [3.8, 4) is 0 Å². The molecule has 7 heteroatoms. The van der Waals surface area contributed by atoms with Crippen LogP contribution in [0.1, 0.15) is 5.69 Å². The molecule has 7 nitrogen and oxygen atoms in total. The Kier molecular flexibility index (Phi) is 3.47. The molecule has 1 fully saturated rings. The summed E-state index contributed by atoms with van der Waals surface area (Å²) in [6.45, 7) is 5.00. The van der Waals surface area contributed by atoms with E-state index in [9.17, 15) is 10.1 Å². The zero-order valence-electron chi connectivity index (χ0n) is 8.98. The summed E-state index contributed by atoms with van der Waals surface area (Å²) in [7, 11) is 0. The van der Waals surface area contributed by atoms with E-state index >= 15 is 0 Å². The first kappa shape index (κ1) is 11.0. The summed E-state index contributed by atoms with van der Waals surface area (Å²) in [6.07, 6.45) is 0.754. The average Bonchev–Trinajstić information content (AvgIpc) is 2.76. The molecule has 0 atom stereocenters. The Labute approximate surface area is 93.0 Å². The SMILES string of the molecule is O=[N+]([O-])c1cc(CCN2CCNCC2)n[nH]1. The summed E-state index contributed by atoms with van der Waals surface area (Å²) in [5, 5.41) is 20.0. The minimum Gasteiger partial charge on any atom is -0.358 e. The van der Waals surface area contributed by atoms with Gasteiger partial charge in [0.15, 0.2) is 0 Å². The predicted octanol–water partition coefficient (Wildman–Crippen LogP) is -0.234. The third-order valence-electron chi connectivity index (χ3n) is 2.71. The highest BCUT2D eigenvalue weighted by molar-refractivity contribution is 5.20. The quantitative estimate of drug-likeness (QED) is 0.545. The monoisotopic (exact) mass is 225 g/mol. The van der Waals surface area contributed by atoms with Crippen molar-refractivity contribution in [2.24, 2.45) is 0 Å². The molecule has 0 aliphatic carbocycles. The standard InChI is InChI=1S/C9H15N5O2/c15-14(16)9-7-8(11-12-9)1-4-13-5-2-10-3-6-13/h7,10H,1-6H2,(H,11,12). The van der Waals surface area contributed by atoms with E-state index in [2.05, 4.69) is 20.4 Å². The van der Waals surface area contributed by atoms with Gasteiger partial charge in [-0.1, -0.05) is 5.10 Å². The van der Waals surface area contributed by atoms with Crippen LogP contribution in [0, 0.1) is 10.1 Å². The third kappa shape index (κ3) is 2.77. The van der Waals surface area contributed by atoms with Gasteiger partial charge in [0.25, 0.3) is 0 Å². The van der Waals surface area contributed by atoms with Crippen LogP contribution in [-0.2, 0) is 6.42 Å². The van der Waals surface area contributed by atoms with Gasteiger partial charge < -0.3 is 20.3 Å². The fourth-order valence-corrected chi connectivity index (χ4v) is 1.78. The molecule has 2 heterocycles. The van der Waals surface area contributed by atoms with Gasteiger partial charge in [-0.05, 0) is 4.92 Å². The van der Waals surface area contributed by atoms with Crippen molar-refractivity contribution >= 4 is 5.82 Å². The molecule has 2 N–H and O–H groups in total. The molecule has 16 heavy (non-hydrogen) atoms. The molecule has 88 valence electrons. The second-order valence-corrected chi connectivity index (χ2v) is 3.84. The van der Waals surface area contributed by atoms with Crippen molar-refractivity contribution in [1.29, 1.82) is 0 Å². The highest BCUT2D eigenvalue weighted by Gasteiger charge is 2.13. The summed E-state index contributed by atoms with van der Waals surface area (Å²) in [6, 6.07) is 1.50. The van der Waals surface area contributed by atoms with Gasteiger partial charge in [-0.2, -0.15) is 0 Å². The Bertz CT molecular complexity index is 359. The average molecular weight is 225 g/mol. The van der Waals surface area contributed by atoms with E-state index in [1.165, 1.54) is 6.07 Å². The summed E-state index contributed by atoms with van der Waals surface area (Å²) in [5.41, 5.74) is 0.755. The molecular formula is C9H15N5O2. The molecule has 1 aromatic heterocycles. The Hall–Kier alpha value is -1.47. The molecule has 0 amide bonds. The predicted molar refractivity (Wildman–Crippen MR) is 58.3 cm³/mol. The van der Waals surface area contributed by atoms with E-state index in [1.54, 1.807) is 0 Å². The zero-order valence-corrected chi connectivity index (χ0v) is 8.98. The van der Waals surface area contributed by atoms with Gasteiger partial charge in [-0.3, -0.25) is 0 Å². The summed E-state index contributed by atoms with van der Waals surface area (Å²) < 4.78 is 0. The lowest BCUT2D eigenvalue weighted by Gasteiger charge is -2.26. The van der Waals surface area contributed by atoms with Gasteiger partial charge >= 0.3 is 5.82 Å². The molecule has 0 bridgehead atoms. The Morgan fingerprint density at radius 2 is 2.25 bits per heavy atom. The van der Waals surface area contributed by atoms with Gasteiger partial charge in [-0.15, -0.1) is 5.10 Å². The van der Waals surface area contributed by atoms with Crippen molar-refractivity contribution < 1.29 is 4.92 Å². The van der Waals surface area contributed by atoms with Crippen LogP contribution in [0.3, 0.4) is 0 Å². The van der Waals surface area contributed by atoms with Gasteiger partial charge in [0.1, 0.15) is 0 Å². The number of aromatic nitrogens is 2. The van der Waals surface area contributed by atoms with E-state index < -0.39 is 4.92 Å².